The highest BCUT2D eigenvalue weighted by Gasteiger charge is 2.25. The Labute approximate surface area is 98.0 Å². The molecular formula is C12H23N3O. The van der Waals surface area contributed by atoms with Gasteiger partial charge in [0.25, 0.3) is 0 Å². The van der Waals surface area contributed by atoms with E-state index >= 15 is 0 Å². The maximum Gasteiger partial charge on any atom is 0.125 e. The van der Waals surface area contributed by atoms with Crippen LogP contribution < -0.4 is 5.32 Å². The van der Waals surface area contributed by atoms with Gasteiger partial charge in [0.2, 0.25) is 0 Å². The van der Waals surface area contributed by atoms with E-state index in [0.29, 0.717) is 0 Å². The molecule has 0 aliphatic carbocycles. The van der Waals surface area contributed by atoms with Gasteiger partial charge in [-0.2, -0.15) is 0 Å². The number of nitrogens with one attached hydrogen (secondary N) is 1. The zero-order valence-corrected chi connectivity index (χ0v) is 10.9. The summed E-state index contributed by atoms with van der Waals surface area (Å²) in [5, 5.41) is 3.45. The van der Waals surface area contributed by atoms with Crippen LogP contribution in [0.15, 0.2) is 12.4 Å². The molecule has 4 heteroatoms. The molecule has 4 nitrogen and oxygen atoms in total. The van der Waals surface area contributed by atoms with E-state index in [0.717, 1.165) is 18.8 Å². The lowest BCUT2D eigenvalue weighted by Crippen LogP contribution is -2.33. The molecule has 0 radical (unpaired) electrons. The predicted octanol–water partition coefficient (Wildman–Crippen LogP) is 1.89. The first-order valence-electron chi connectivity index (χ1n) is 5.76. The van der Waals surface area contributed by atoms with Gasteiger partial charge in [-0.05, 0) is 26.8 Å². The lowest BCUT2D eigenvalue weighted by Gasteiger charge is -2.28. The third-order valence-corrected chi connectivity index (χ3v) is 2.87. The van der Waals surface area contributed by atoms with Gasteiger partial charge >= 0.3 is 0 Å². The van der Waals surface area contributed by atoms with Crippen molar-refractivity contribution in [3.8, 4) is 0 Å². The zero-order chi connectivity index (χ0) is 12.2. The molecule has 0 aromatic carbocycles. The van der Waals surface area contributed by atoms with Gasteiger partial charge < -0.3 is 14.6 Å². The Morgan fingerprint density at radius 2 is 2.25 bits per heavy atom. The largest absolute Gasteiger partial charge is 0.379 e. The summed E-state index contributed by atoms with van der Waals surface area (Å²) < 4.78 is 7.53. The standard InChI is InChI=1S/C12H23N3O/c1-6-13-10(9-12(2,3)16-5)11-14-7-8-15(11)4/h7-8,10,13H,6,9H2,1-5H3. The van der Waals surface area contributed by atoms with Crippen molar-refractivity contribution < 1.29 is 4.74 Å². The summed E-state index contributed by atoms with van der Waals surface area (Å²) in [6, 6.07) is 0.236. The van der Waals surface area contributed by atoms with Gasteiger partial charge in [0.05, 0.1) is 11.6 Å². The van der Waals surface area contributed by atoms with Gasteiger partial charge in [-0.25, -0.2) is 4.98 Å². The number of hydrogen-bond donors (Lipinski definition) is 1. The fourth-order valence-corrected chi connectivity index (χ4v) is 1.79. The van der Waals surface area contributed by atoms with Crippen molar-refractivity contribution in [3.63, 3.8) is 0 Å². The van der Waals surface area contributed by atoms with Crippen molar-refractivity contribution in [2.45, 2.75) is 38.8 Å². The summed E-state index contributed by atoms with van der Waals surface area (Å²) in [7, 11) is 3.77. The highest BCUT2D eigenvalue weighted by atomic mass is 16.5. The van der Waals surface area contributed by atoms with Crippen LogP contribution in [0, 0.1) is 0 Å². The van der Waals surface area contributed by atoms with Crippen molar-refractivity contribution in [3.05, 3.63) is 18.2 Å². The molecule has 0 amide bonds. The van der Waals surface area contributed by atoms with Crippen LogP contribution in [0.1, 0.15) is 39.1 Å². The Hall–Kier alpha value is -0.870. The first kappa shape index (κ1) is 13.2. The van der Waals surface area contributed by atoms with Gasteiger partial charge in [-0.15, -0.1) is 0 Å². The number of methoxy groups -OCH3 is 1. The topological polar surface area (TPSA) is 39.1 Å². The average molecular weight is 225 g/mol. The van der Waals surface area contributed by atoms with Crippen molar-refractivity contribution in [1.82, 2.24) is 14.9 Å². The number of hydrogen-bond acceptors (Lipinski definition) is 3. The number of aromatic nitrogens is 2. The summed E-state index contributed by atoms with van der Waals surface area (Å²) in [6.07, 6.45) is 4.71. The molecule has 0 saturated carbocycles. The highest BCUT2D eigenvalue weighted by Crippen LogP contribution is 2.24. The second-order valence-corrected chi connectivity index (χ2v) is 4.67. The molecule has 16 heavy (non-hydrogen) atoms. The van der Waals surface area contributed by atoms with E-state index in [9.17, 15) is 0 Å². The molecule has 1 N–H and O–H groups in total. The van der Waals surface area contributed by atoms with Gasteiger partial charge in [0, 0.05) is 26.6 Å². The first-order valence-corrected chi connectivity index (χ1v) is 5.76. The van der Waals surface area contributed by atoms with E-state index in [1.54, 1.807) is 7.11 Å². The van der Waals surface area contributed by atoms with E-state index in [2.05, 4.69) is 35.6 Å². The van der Waals surface area contributed by atoms with Crippen LogP contribution in [-0.2, 0) is 11.8 Å². The summed E-state index contributed by atoms with van der Waals surface area (Å²) >= 11 is 0. The summed E-state index contributed by atoms with van der Waals surface area (Å²) in [5.74, 6) is 1.06. The summed E-state index contributed by atoms with van der Waals surface area (Å²) in [5.41, 5.74) is -0.140. The highest BCUT2D eigenvalue weighted by molar-refractivity contribution is 5.00. The molecule has 1 heterocycles. The smallest absolute Gasteiger partial charge is 0.125 e. The first-order chi connectivity index (χ1) is 7.50. The van der Waals surface area contributed by atoms with Crippen LogP contribution in [0.2, 0.25) is 0 Å². The van der Waals surface area contributed by atoms with Gasteiger partial charge in [-0.1, -0.05) is 6.92 Å². The molecule has 0 aliphatic rings. The van der Waals surface area contributed by atoms with E-state index in [1.165, 1.54) is 0 Å². The van der Waals surface area contributed by atoms with Crippen LogP contribution in [0.25, 0.3) is 0 Å². The van der Waals surface area contributed by atoms with Crippen LogP contribution in [-0.4, -0.2) is 28.8 Å². The molecule has 0 aliphatic heterocycles. The number of ether oxygens (including phenoxy) is 1. The second kappa shape index (κ2) is 5.46. The third-order valence-electron chi connectivity index (χ3n) is 2.87. The Kier molecular flexibility index (Phi) is 4.50. The molecule has 92 valence electrons. The minimum atomic E-state index is -0.140. The van der Waals surface area contributed by atoms with E-state index in [4.69, 9.17) is 4.74 Å². The molecule has 0 bridgehead atoms. The van der Waals surface area contributed by atoms with Crippen LogP contribution in [0.3, 0.4) is 0 Å². The molecular weight excluding hydrogens is 202 g/mol. The van der Waals surface area contributed by atoms with E-state index in [1.807, 2.05) is 19.4 Å². The molecule has 0 spiro atoms. The number of imidazole rings is 1. The third kappa shape index (κ3) is 3.32. The van der Waals surface area contributed by atoms with E-state index < -0.39 is 0 Å². The average Bonchev–Trinajstić information content (AvgIpc) is 2.64. The molecule has 0 saturated heterocycles. The van der Waals surface area contributed by atoms with Crippen molar-refractivity contribution in [1.29, 1.82) is 0 Å². The second-order valence-electron chi connectivity index (χ2n) is 4.67. The molecule has 1 aromatic heterocycles. The zero-order valence-electron chi connectivity index (χ0n) is 10.9. The Bertz CT molecular complexity index is 320. The molecule has 1 rings (SSSR count). The van der Waals surface area contributed by atoms with Crippen LogP contribution >= 0.6 is 0 Å². The normalized spacial score (nSPS) is 14.1. The Morgan fingerprint density at radius 3 is 2.69 bits per heavy atom. The van der Waals surface area contributed by atoms with Crippen molar-refractivity contribution >= 4 is 0 Å². The maximum atomic E-state index is 5.48. The number of nitrogens with zero attached hydrogens (tertiary/aromatic N) is 2. The monoisotopic (exact) mass is 225 g/mol. The van der Waals surface area contributed by atoms with Crippen LogP contribution in [0.4, 0.5) is 0 Å². The lowest BCUT2D eigenvalue weighted by molar-refractivity contribution is 0.00604. The van der Waals surface area contributed by atoms with Gasteiger partial charge in [0.1, 0.15) is 5.82 Å². The fourth-order valence-electron chi connectivity index (χ4n) is 1.79. The Balaban J connectivity index is 2.80. The van der Waals surface area contributed by atoms with Gasteiger partial charge in [0.15, 0.2) is 0 Å². The van der Waals surface area contributed by atoms with Crippen molar-refractivity contribution in [2.24, 2.45) is 7.05 Å². The SMILES string of the molecule is CCNC(CC(C)(C)OC)c1nccn1C. The minimum Gasteiger partial charge on any atom is -0.379 e. The molecule has 1 aromatic rings. The quantitative estimate of drug-likeness (QED) is 0.803. The lowest BCUT2D eigenvalue weighted by atomic mass is 9.98. The van der Waals surface area contributed by atoms with Crippen molar-refractivity contribution in [2.75, 3.05) is 13.7 Å². The fraction of sp³-hybridized carbons (Fsp3) is 0.750. The maximum absolute atomic E-state index is 5.48. The molecule has 1 unspecified atom stereocenters. The number of aryl methyl sites for hydroxylation is 1. The van der Waals surface area contributed by atoms with E-state index in [-0.39, 0.29) is 11.6 Å². The summed E-state index contributed by atoms with van der Waals surface area (Å²) in [6.45, 7) is 7.23. The van der Waals surface area contributed by atoms with Crippen LogP contribution in [0.5, 0.6) is 0 Å². The summed E-state index contributed by atoms with van der Waals surface area (Å²) in [4.78, 5) is 4.40. The predicted molar refractivity (Wildman–Crippen MR) is 65.3 cm³/mol. The molecule has 0 fully saturated rings. The molecule has 1 atom stereocenters. The minimum absolute atomic E-state index is 0.140. The number of rotatable bonds is 6. The Morgan fingerprint density at radius 1 is 1.56 bits per heavy atom. The van der Waals surface area contributed by atoms with Gasteiger partial charge in [-0.3, -0.25) is 0 Å².